The average molecular weight is 521 g/mol. The fourth-order valence-electron chi connectivity index (χ4n) is 3.17. The van der Waals surface area contributed by atoms with Gasteiger partial charge in [0.05, 0.1) is 10.5 Å². The Balaban J connectivity index is 0.000000214. The Morgan fingerprint density at radius 2 is 1.17 bits per heavy atom. The predicted octanol–water partition coefficient (Wildman–Crippen LogP) is 6.67. The topological polar surface area (TPSA) is 94.8 Å². The quantitative estimate of drug-likeness (QED) is 0.179. The fraction of sp³-hybridized carbons (Fsp3) is 0.0400. The molecule has 0 fully saturated rings. The second-order valence-electron chi connectivity index (χ2n) is 7.29. The van der Waals surface area contributed by atoms with Gasteiger partial charge >= 0.3 is 6.18 Å². The summed E-state index contributed by atoms with van der Waals surface area (Å²) in [6.45, 7) is 0. The van der Waals surface area contributed by atoms with Gasteiger partial charge in [-0.2, -0.15) is 21.6 Å². The second-order valence-corrected chi connectivity index (χ2v) is 9.19. The van der Waals surface area contributed by atoms with E-state index in [2.05, 4.69) is 12.6 Å². The Morgan fingerprint density at radius 1 is 0.686 bits per heavy atom. The number of rotatable bonds is 3. The lowest BCUT2D eigenvalue weighted by atomic mass is 9.94. The summed E-state index contributed by atoms with van der Waals surface area (Å²) in [7, 11) is -4.43. The minimum Gasteiger partial charge on any atom is -0.508 e. The summed E-state index contributed by atoms with van der Waals surface area (Å²) >= 11 is 4.56. The molecular weight excluding hydrogens is 501 g/mol. The third kappa shape index (κ3) is 6.78. The molecule has 4 rings (SSSR count). The van der Waals surface area contributed by atoms with Gasteiger partial charge in [0.25, 0.3) is 10.1 Å². The van der Waals surface area contributed by atoms with Gasteiger partial charge in [0.2, 0.25) is 0 Å². The van der Waals surface area contributed by atoms with Gasteiger partial charge in [0.15, 0.2) is 0 Å². The fourth-order valence-corrected chi connectivity index (χ4v) is 3.98. The molecule has 4 aromatic carbocycles. The smallest absolute Gasteiger partial charge is 0.416 e. The Hall–Kier alpha value is -3.47. The molecule has 35 heavy (non-hydrogen) atoms. The molecule has 0 radical (unpaired) electrons. The summed E-state index contributed by atoms with van der Waals surface area (Å²) in [6.07, 6.45) is -4.52. The molecule has 5 nitrogen and oxygen atoms in total. The molecule has 10 heteroatoms. The molecule has 0 atom stereocenters. The molecule has 0 unspecified atom stereocenters. The zero-order valence-corrected chi connectivity index (χ0v) is 19.5. The van der Waals surface area contributed by atoms with Gasteiger partial charge in [-0.1, -0.05) is 36.4 Å². The summed E-state index contributed by atoms with van der Waals surface area (Å²) in [5.74, 6) is 0.480. The molecular formula is C25H19F3O5S2. The van der Waals surface area contributed by atoms with Crippen molar-refractivity contribution in [1.82, 2.24) is 0 Å². The van der Waals surface area contributed by atoms with E-state index in [-0.39, 0.29) is 11.5 Å². The predicted molar refractivity (Wildman–Crippen MR) is 129 cm³/mol. The van der Waals surface area contributed by atoms with Crippen LogP contribution in [0.25, 0.3) is 22.3 Å². The third-order valence-electron chi connectivity index (χ3n) is 4.86. The van der Waals surface area contributed by atoms with E-state index in [4.69, 9.17) is 4.55 Å². The highest BCUT2D eigenvalue weighted by molar-refractivity contribution is 7.85. The van der Waals surface area contributed by atoms with Crippen LogP contribution in [0.1, 0.15) is 5.56 Å². The van der Waals surface area contributed by atoms with Crippen LogP contribution in [0.2, 0.25) is 0 Å². The average Bonchev–Trinajstić information content (AvgIpc) is 2.80. The minimum absolute atomic E-state index is 0.238. The Kier molecular flexibility index (Phi) is 7.79. The SMILES string of the molecule is O=S(=O)(O)c1ccc(C(F)(F)F)cc1.Oc1ccc(-c2cccc(S)c2-c2ccc(O)cc2)cc1. The Labute approximate surface area is 205 Å². The van der Waals surface area contributed by atoms with E-state index in [1.54, 1.807) is 24.3 Å². The van der Waals surface area contributed by atoms with Crippen LogP contribution in [0, 0.1) is 0 Å². The minimum atomic E-state index is -4.52. The lowest BCUT2D eigenvalue weighted by molar-refractivity contribution is -0.137. The standard InChI is InChI=1S/C18H14O2S.C7H5F3O3S/c19-14-8-4-12(5-9-14)16-2-1-3-17(21)18(16)13-6-10-15(20)11-7-13;8-7(9,10)5-1-3-6(4-2-5)14(11,12)13/h1-11,19-21H;1-4H,(H,11,12,13). The number of thiol groups is 1. The number of hydrogen-bond acceptors (Lipinski definition) is 5. The highest BCUT2D eigenvalue weighted by Gasteiger charge is 2.30. The summed E-state index contributed by atoms with van der Waals surface area (Å²) in [4.78, 5) is 0.303. The second kappa shape index (κ2) is 10.4. The van der Waals surface area contributed by atoms with Crippen LogP contribution in [0.15, 0.2) is 101 Å². The summed E-state index contributed by atoms with van der Waals surface area (Å²) in [5, 5.41) is 18.9. The lowest BCUT2D eigenvalue weighted by Crippen LogP contribution is -2.05. The summed E-state index contributed by atoms with van der Waals surface area (Å²) in [6, 6.07) is 22.6. The molecule has 3 N–H and O–H groups in total. The molecule has 0 aliphatic rings. The van der Waals surface area contributed by atoms with Crippen LogP contribution in [0.5, 0.6) is 11.5 Å². The molecule has 0 aromatic heterocycles. The van der Waals surface area contributed by atoms with E-state index in [1.165, 1.54) is 0 Å². The molecule has 4 aromatic rings. The van der Waals surface area contributed by atoms with Crippen LogP contribution in [0.3, 0.4) is 0 Å². The number of aromatic hydroxyl groups is 2. The number of alkyl halides is 3. The monoisotopic (exact) mass is 520 g/mol. The highest BCUT2D eigenvalue weighted by Crippen LogP contribution is 2.37. The van der Waals surface area contributed by atoms with Crippen LogP contribution in [-0.4, -0.2) is 23.2 Å². The molecule has 0 aliphatic carbocycles. The summed E-state index contributed by atoms with van der Waals surface area (Å²) in [5.41, 5.74) is 3.07. The molecule has 0 heterocycles. The number of hydrogen-bond donors (Lipinski definition) is 4. The van der Waals surface area contributed by atoms with Crippen LogP contribution in [0.4, 0.5) is 13.2 Å². The normalized spacial score (nSPS) is 11.5. The van der Waals surface area contributed by atoms with Gasteiger partial charge < -0.3 is 10.2 Å². The van der Waals surface area contributed by atoms with Gasteiger partial charge in [-0.05, 0) is 71.3 Å². The Morgan fingerprint density at radius 3 is 1.63 bits per heavy atom. The molecule has 0 saturated heterocycles. The maximum atomic E-state index is 12.0. The van der Waals surface area contributed by atoms with Crippen molar-refractivity contribution in [2.75, 3.05) is 0 Å². The first-order valence-electron chi connectivity index (χ1n) is 9.92. The number of halogens is 3. The molecule has 0 amide bonds. The summed E-state index contributed by atoms with van der Waals surface area (Å²) < 4.78 is 65.4. The number of phenols is 2. The largest absolute Gasteiger partial charge is 0.508 e. The maximum Gasteiger partial charge on any atom is 0.416 e. The number of phenolic OH excluding ortho intramolecular Hbond substituents is 2. The van der Waals surface area contributed by atoms with E-state index in [9.17, 15) is 31.8 Å². The zero-order valence-electron chi connectivity index (χ0n) is 17.8. The highest BCUT2D eigenvalue weighted by atomic mass is 32.2. The van der Waals surface area contributed by atoms with Crippen molar-refractivity contribution < 1.29 is 36.4 Å². The first-order valence-corrected chi connectivity index (χ1v) is 11.8. The maximum absolute atomic E-state index is 12.0. The number of benzene rings is 4. The van der Waals surface area contributed by atoms with Gasteiger partial charge in [-0.3, -0.25) is 4.55 Å². The van der Waals surface area contributed by atoms with Crippen LogP contribution >= 0.6 is 12.6 Å². The zero-order chi connectivity index (χ0) is 25.8. The molecule has 0 saturated carbocycles. The van der Waals surface area contributed by atoms with Gasteiger partial charge in [0.1, 0.15) is 11.5 Å². The van der Waals surface area contributed by atoms with Gasteiger partial charge in [0, 0.05) is 10.5 Å². The van der Waals surface area contributed by atoms with Gasteiger partial charge in [-0.15, -0.1) is 12.6 Å². The van der Waals surface area contributed by atoms with E-state index in [0.29, 0.717) is 24.3 Å². The Bertz CT molecular complexity index is 1400. The van der Waals surface area contributed by atoms with Crippen LogP contribution in [-0.2, 0) is 16.3 Å². The van der Waals surface area contributed by atoms with E-state index in [0.717, 1.165) is 27.1 Å². The first kappa shape index (κ1) is 26.1. The van der Waals surface area contributed by atoms with Crippen molar-refractivity contribution in [2.24, 2.45) is 0 Å². The van der Waals surface area contributed by atoms with Crippen molar-refractivity contribution in [3.8, 4) is 33.8 Å². The van der Waals surface area contributed by atoms with E-state index >= 15 is 0 Å². The van der Waals surface area contributed by atoms with Crippen molar-refractivity contribution in [3.05, 3.63) is 96.6 Å². The van der Waals surface area contributed by atoms with E-state index < -0.39 is 26.8 Å². The van der Waals surface area contributed by atoms with Crippen molar-refractivity contribution in [2.45, 2.75) is 16.0 Å². The molecule has 0 bridgehead atoms. The van der Waals surface area contributed by atoms with Crippen molar-refractivity contribution >= 4 is 22.7 Å². The molecule has 0 spiro atoms. The first-order chi connectivity index (χ1) is 16.4. The third-order valence-corrected chi connectivity index (χ3v) is 6.10. The lowest BCUT2D eigenvalue weighted by Gasteiger charge is -2.13. The van der Waals surface area contributed by atoms with Crippen LogP contribution < -0.4 is 0 Å². The molecule has 0 aliphatic heterocycles. The van der Waals surface area contributed by atoms with E-state index in [1.807, 2.05) is 42.5 Å². The van der Waals surface area contributed by atoms with Crippen molar-refractivity contribution in [3.63, 3.8) is 0 Å². The van der Waals surface area contributed by atoms with Crippen molar-refractivity contribution in [1.29, 1.82) is 0 Å². The van der Waals surface area contributed by atoms with Gasteiger partial charge in [-0.25, -0.2) is 0 Å². The molecule has 182 valence electrons.